The molecular weight excluding hydrogens is 278 g/mol. The van der Waals surface area contributed by atoms with Crippen molar-refractivity contribution >= 4 is 17.9 Å². The van der Waals surface area contributed by atoms with Gasteiger partial charge in [0.25, 0.3) is 0 Å². The fraction of sp³-hybridized carbons (Fsp3) is 0.176. The van der Waals surface area contributed by atoms with E-state index in [1.165, 1.54) is 0 Å². The number of hydrogen-bond donors (Lipinski definition) is 2. The maximum atomic E-state index is 11.7. The molecule has 2 aromatic rings. The van der Waals surface area contributed by atoms with E-state index < -0.39 is 6.03 Å². The van der Waals surface area contributed by atoms with Gasteiger partial charge in [-0.3, -0.25) is 0 Å². The van der Waals surface area contributed by atoms with Gasteiger partial charge in [0.2, 0.25) is 0 Å². The van der Waals surface area contributed by atoms with Gasteiger partial charge in [-0.05, 0) is 30.7 Å². The first-order chi connectivity index (χ1) is 10.8. The van der Waals surface area contributed by atoms with Gasteiger partial charge in [0, 0.05) is 11.3 Å². The Morgan fingerprint density at radius 2 is 1.86 bits per heavy atom. The Morgan fingerprint density at radius 3 is 2.64 bits per heavy atom. The van der Waals surface area contributed by atoms with Crippen LogP contribution in [0.4, 0.5) is 10.5 Å². The van der Waals surface area contributed by atoms with Gasteiger partial charge in [-0.1, -0.05) is 37.3 Å². The molecular formula is C17H19N3O2. The Hall–Kier alpha value is -2.82. The number of hydrogen-bond acceptors (Lipinski definition) is 3. The number of nitrogens with zero attached hydrogens (tertiary/aromatic N) is 1. The van der Waals surface area contributed by atoms with Gasteiger partial charge in [0.05, 0.1) is 12.8 Å². The summed E-state index contributed by atoms with van der Waals surface area (Å²) >= 11 is 0. The quantitative estimate of drug-likeness (QED) is 0.631. The summed E-state index contributed by atoms with van der Waals surface area (Å²) in [6.07, 6.45) is 2.50. The summed E-state index contributed by atoms with van der Waals surface area (Å²) in [6.45, 7) is 2.69. The molecule has 5 nitrogen and oxygen atoms in total. The van der Waals surface area contributed by atoms with E-state index in [9.17, 15) is 4.79 Å². The van der Waals surface area contributed by atoms with Crippen LogP contribution in [0.25, 0.3) is 0 Å². The summed E-state index contributed by atoms with van der Waals surface area (Å²) < 4.78 is 5.62. The first-order valence-corrected chi connectivity index (χ1v) is 7.16. The van der Waals surface area contributed by atoms with Gasteiger partial charge >= 0.3 is 6.03 Å². The zero-order valence-electron chi connectivity index (χ0n) is 12.5. The van der Waals surface area contributed by atoms with Crippen molar-refractivity contribution in [2.45, 2.75) is 13.3 Å². The fourth-order valence-electron chi connectivity index (χ4n) is 1.77. The molecule has 2 rings (SSSR count). The molecule has 2 N–H and O–H groups in total. The van der Waals surface area contributed by atoms with Crippen LogP contribution in [0.5, 0.6) is 5.75 Å². The largest absolute Gasteiger partial charge is 0.493 e. The lowest BCUT2D eigenvalue weighted by molar-refractivity contribution is 0.252. The zero-order chi connectivity index (χ0) is 15.6. The van der Waals surface area contributed by atoms with Gasteiger partial charge in [0.1, 0.15) is 5.75 Å². The van der Waals surface area contributed by atoms with Crippen molar-refractivity contribution < 1.29 is 9.53 Å². The van der Waals surface area contributed by atoms with Crippen LogP contribution in [0.15, 0.2) is 59.7 Å². The molecule has 0 radical (unpaired) electrons. The van der Waals surface area contributed by atoms with Crippen molar-refractivity contribution in [3.8, 4) is 5.75 Å². The number of rotatable bonds is 6. The summed E-state index contributed by atoms with van der Waals surface area (Å²) in [5, 5.41) is 6.62. The lowest BCUT2D eigenvalue weighted by atomic mass is 10.2. The van der Waals surface area contributed by atoms with Gasteiger partial charge in [0.15, 0.2) is 0 Å². The molecule has 0 aliphatic carbocycles. The Morgan fingerprint density at radius 1 is 1.14 bits per heavy atom. The van der Waals surface area contributed by atoms with Crippen LogP contribution in [0.3, 0.4) is 0 Å². The highest BCUT2D eigenvalue weighted by molar-refractivity contribution is 5.90. The Bertz CT molecular complexity index is 627. The number of urea groups is 1. The third kappa shape index (κ3) is 4.94. The van der Waals surface area contributed by atoms with E-state index in [1.807, 2.05) is 49.4 Å². The van der Waals surface area contributed by atoms with E-state index in [4.69, 9.17) is 4.74 Å². The molecule has 0 aromatic heterocycles. The van der Waals surface area contributed by atoms with E-state index in [0.717, 1.165) is 17.7 Å². The highest BCUT2D eigenvalue weighted by Gasteiger charge is 2.01. The first-order valence-electron chi connectivity index (χ1n) is 7.16. The van der Waals surface area contributed by atoms with Crippen molar-refractivity contribution in [2.75, 3.05) is 11.9 Å². The smallest absolute Gasteiger partial charge is 0.339 e. The summed E-state index contributed by atoms with van der Waals surface area (Å²) in [7, 11) is 0. The predicted octanol–water partition coefficient (Wildman–Crippen LogP) is 3.63. The third-order valence-corrected chi connectivity index (χ3v) is 2.78. The van der Waals surface area contributed by atoms with Crippen LogP contribution >= 0.6 is 0 Å². The molecule has 0 saturated heterocycles. The number of anilines is 1. The van der Waals surface area contributed by atoms with Crippen molar-refractivity contribution in [2.24, 2.45) is 5.10 Å². The number of carbonyl (C=O) groups excluding carboxylic acids is 1. The predicted molar refractivity (Wildman–Crippen MR) is 88.4 cm³/mol. The van der Waals surface area contributed by atoms with Crippen LogP contribution in [0.2, 0.25) is 0 Å². The number of amides is 2. The van der Waals surface area contributed by atoms with Crippen LogP contribution in [0, 0.1) is 0 Å². The maximum absolute atomic E-state index is 11.7. The lowest BCUT2D eigenvalue weighted by Gasteiger charge is -2.07. The van der Waals surface area contributed by atoms with Gasteiger partial charge in [-0.15, -0.1) is 0 Å². The second-order valence-electron chi connectivity index (χ2n) is 4.58. The van der Waals surface area contributed by atoms with E-state index in [-0.39, 0.29) is 0 Å². The van der Waals surface area contributed by atoms with Crippen molar-refractivity contribution in [1.82, 2.24) is 5.43 Å². The Kier molecular flexibility index (Phi) is 5.99. The Labute approximate surface area is 130 Å². The normalized spacial score (nSPS) is 10.4. The van der Waals surface area contributed by atoms with Crippen LogP contribution < -0.4 is 15.5 Å². The number of ether oxygens (including phenoxy) is 1. The first kappa shape index (κ1) is 15.6. The van der Waals surface area contributed by atoms with Crippen molar-refractivity contribution in [3.63, 3.8) is 0 Å². The number of hydrazone groups is 1. The molecule has 2 aromatic carbocycles. The van der Waals surface area contributed by atoms with Crippen molar-refractivity contribution in [1.29, 1.82) is 0 Å². The van der Waals surface area contributed by atoms with Gasteiger partial charge in [-0.2, -0.15) is 5.10 Å². The third-order valence-electron chi connectivity index (χ3n) is 2.78. The molecule has 0 fully saturated rings. The highest BCUT2D eigenvalue weighted by Crippen LogP contribution is 2.15. The molecule has 22 heavy (non-hydrogen) atoms. The monoisotopic (exact) mass is 297 g/mol. The number of nitrogens with one attached hydrogen (secondary N) is 2. The molecule has 0 spiro atoms. The molecule has 0 unspecified atom stereocenters. The molecule has 0 heterocycles. The van der Waals surface area contributed by atoms with Gasteiger partial charge in [-0.25, -0.2) is 10.2 Å². The topological polar surface area (TPSA) is 62.7 Å². The van der Waals surface area contributed by atoms with E-state index in [2.05, 4.69) is 15.8 Å². The Balaban J connectivity index is 1.91. The standard InChI is InChI=1S/C17H19N3O2/c1-2-12-22-16-11-7-6-8-14(16)13-18-20-17(21)19-15-9-4-3-5-10-15/h3-11,13H,2,12H2,1H3,(H2,19,20,21)/b18-13+. The summed E-state index contributed by atoms with van der Waals surface area (Å²) in [4.78, 5) is 11.7. The van der Waals surface area contributed by atoms with E-state index in [1.54, 1.807) is 18.3 Å². The molecule has 5 heteroatoms. The van der Waals surface area contributed by atoms with Crippen LogP contribution in [0.1, 0.15) is 18.9 Å². The van der Waals surface area contributed by atoms with Crippen LogP contribution in [-0.4, -0.2) is 18.9 Å². The second kappa shape index (κ2) is 8.46. The molecule has 2 amide bonds. The molecule has 0 bridgehead atoms. The number of carbonyl (C=O) groups is 1. The maximum Gasteiger partial charge on any atom is 0.339 e. The number of para-hydroxylation sites is 2. The average Bonchev–Trinajstić information content (AvgIpc) is 2.55. The highest BCUT2D eigenvalue weighted by atomic mass is 16.5. The fourth-order valence-corrected chi connectivity index (χ4v) is 1.77. The van der Waals surface area contributed by atoms with E-state index in [0.29, 0.717) is 12.3 Å². The zero-order valence-corrected chi connectivity index (χ0v) is 12.5. The summed E-state index contributed by atoms with van der Waals surface area (Å²) in [5.41, 5.74) is 3.95. The molecule has 0 aliphatic heterocycles. The van der Waals surface area contributed by atoms with E-state index >= 15 is 0 Å². The molecule has 0 aliphatic rings. The summed E-state index contributed by atoms with van der Waals surface area (Å²) in [5.74, 6) is 0.748. The summed E-state index contributed by atoms with van der Waals surface area (Å²) in [6, 6.07) is 16.3. The van der Waals surface area contributed by atoms with Gasteiger partial charge < -0.3 is 10.1 Å². The minimum Gasteiger partial charge on any atom is -0.493 e. The number of benzene rings is 2. The lowest BCUT2D eigenvalue weighted by Crippen LogP contribution is -2.24. The second-order valence-corrected chi connectivity index (χ2v) is 4.58. The van der Waals surface area contributed by atoms with Crippen LogP contribution in [-0.2, 0) is 0 Å². The molecule has 0 atom stereocenters. The average molecular weight is 297 g/mol. The minimum atomic E-state index is -0.394. The molecule has 0 saturated carbocycles. The molecule has 114 valence electrons. The van der Waals surface area contributed by atoms with Crippen molar-refractivity contribution in [3.05, 3.63) is 60.2 Å². The SMILES string of the molecule is CCCOc1ccccc1/C=N/NC(=O)Nc1ccccc1. The minimum absolute atomic E-state index is 0.394.